The maximum atomic E-state index is 13.0. The lowest BCUT2D eigenvalue weighted by molar-refractivity contribution is -0.161. The van der Waals surface area contributed by atoms with Crippen LogP contribution in [0.15, 0.2) is 194 Å². The molecule has 0 aliphatic rings. The number of allylic oxidation sites excluding steroid dienone is 32. The molecule has 0 fully saturated rings. The van der Waals surface area contributed by atoms with Gasteiger partial charge in [0.25, 0.3) is 0 Å². The molecule has 0 aliphatic carbocycles. The van der Waals surface area contributed by atoms with Crippen LogP contribution in [0.2, 0.25) is 0 Å². The summed E-state index contributed by atoms with van der Waals surface area (Å²) >= 11 is 0. The third-order valence-corrected chi connectivity index (χ3v) is 19.2. The lowest BCUT2D eigenvalue weighted by Gasteiger charge is -2.21. The summed E-state index contributed by atoms with van der Waals surface area (Å²) in [7, 11) is -9.83. The van der Waals surface area contributed by atoms with E-state index in [1.807, 2.05) is 0 Å². The minimum atomic E-state index is -4.96. The number of aliphatic hydroxyl groups excluding tert-OH is 2. The zero-order chi connectivity index (χ0) is 80.8. The number of carbonyl (C=O) groups is 3. The van der Waals surface area contributed by atoms with Gasteiger partial charge in [-0.15, -0.1) is 0 Å². The molecule has 0 aromatic heterocycles. The van der Waals surface area contributed by atoms with E-state index in [-0.39, 0.29) is 19.3 Å². The van der Waals surface area contributed by atoms with Crippen LogP contribution >= 0.6 is 15.6 Å². The zero-order valence-corrected chi connectivity index (χ0v) is 70.8. The molecule has 0 saturated carbocycles. The summed E-state index contributed by atoms with van der Waals surface area (Å²) < 4.78 is 61.3. The Balaban J connectivity index is 4.67. The Kier molecular flexibility index (Phi) is 79.6. The van der Waals surface area contributed by atoms with Gasteiger partial charge in [-0.2, -0.15) is 0 Å². The number of phosphoric acid groups is 2. The molecule has 4 N–H and O–H groups in total. The van der Waals surface area contributed by atoms with Gasteiger partial charge in [0.15, 0.2) is 6.10 Å². The smallest absolute Gasteiger partial charge is 0.463 e. The minimum absolute atomic E-state index is 0.0711. The number of carbonyl (C=O) groups excluding carboxylic acids is 3. The molecule has 16 nitrogen and oxygen atoms in total. The molecule has 0 saturated heterocycles. The molecule has 18 heteroatoms. The molecular formula is C93H152O16P2. The van der Waals surface area contributed by atoms with E-state index in [0.29, 0.717) is 19.3 Å². The van der Waals surface area contributed by atoms with E-state index in [0.717, 1.165) is 199 Å². The molecule has 0 bridgehead atoms. The second-order valence-electron chi connectivity index (χ2n) is 27.8. The summed E-state index contributed by atoms with van der Waals surface area (Å²) in [6, 6.07) is 0. The number of esters is 3. The van der Waals surface area contributed by atoms with Crippen LogP contribution in [0.1, 0.15) is 316 Å². The first-order chi connectivity index (χ1) is 54.2. The van der Waals surface area contributed by atoms with Crippen LogP contribution in [0, 0.1) is 0 Å². The van der Waals surface area contributed by atoms with E-state index >= 15 is 0 Å². The van der Waals surface area contributed by atoms with Gasteiger partial charge in [0.2, 0.25) is 0 Å². The first kappa shape index (κ1) is 105. The molecule has 0 heterocycles. The fourth-order valence-electron chi connectivity index (χ4n) is 10.9. The van der Waals surface area contributed by atoms with Crippen molar-refractivity contribution in [2.75, 3.05) is 39.6 Å². The number of phosphoric ester groups is 2. The highest BCUT2D eigenvalue weighted by Gasteiger charge is 2.29. The molecule has 630 valence electrons. The van der Waals surface area contributed by atoms with Gasteiger partial charge in [-0.05, 0) is 161 Å². The second-order valence-corrected chi connectivity index (χ2v) is 30.7. The largest absolute Gasteiger partial charge is 0.472 e. The van der Waals surface area contributed by atoms with Crippen molar-refractivity contribution >= 4 is 33.6 Å². The van der Waals surface area contributed by atoms with Crippen molar-refractivity contribution in [3.63, 3.8) is 0 Å². The van der Waals surface area contributed by atoms with Crippen LogP contribution in [0.3, 0.4) is 0 Å². The van der Waals surface area contributed by atoms with Crippen molar-refractivity contribution in [3.8, 4) is 0 Å². The van der Waals surface area contributed by atoms with Gasteiger partial charge >= 0.3 is 33.6 Å². The van der Waals surface area contributed by atoms with Gasteiger partial charge < -0.3 is 34.2 Å². The molecule has 0 spiro atoms. The monoisotopic (exact) mass is 1590 g/mol. The van der Waals surface area contributed by atoms with Crippen molar-refractivity contribution in [3.05, 3.63) is 194 Å². The fourth-order valence-corrected chi connectivity index (χ4v) is 12.5. The molecule has 5 atom stereocenters. The highest BCUT2D eigenvalue weighted by Crippen LogP contribution is 2.45. The lowest BCUT2D eigenvalue weighted by atomic mass is 10.0. The van der Waals surface area contributed by atoms with E-state index in [1.54, 1.807) is 0 Å². The predicted octanol–water partition coefficient (Wildman–Crippen LogP) is 25.9. The summed E-state index contributed by atoms with van der Waals surface area (Å²) in [5, 5.41) is 20.7. The van der Waals surface area contributed by atoms with E-state index in [4.69, 9.17) is 32.3 Å². The predicted molar refractivity (Wildman–Crippen MR) is 463 cm³/mol. The molecule has 5 unspecified atom stereocenters. The number of aliphatic hydroxyl groups is 2. The Morgan fingerprint density at radius 2 is 0.450 bits per heavy atom. The van der Waals surface area contributed by atoms with E-state index in [2.05, 4.69) is 215 Å². The quantitative estimate of drug-likeness (QED) is 0.0146. The SMILES string of the molecule is CC/C=C\C/C=C\C/C=C\C/C=C\C/C=C\C/C=C\CCCCCCCCC(=O)OCC(COP(=O)(O)OCC(O)COP(=O)(O)OCC(O)COC(=O)CCCCCCCCCCCCCCC/C=C\C/C=C\C/C=C\C/C=C\C/C=C\CC)OC(=O)CCCCCCC/C=C\C/C=C\C/C=C\C/C=C\C/C=C\CC. The van der Waals surface area contributed by atoms with E-state index in [1.165, 1.54) is 57.8 Å². The van der Waals surface area contributed by atoms with Crippen LogP contribution in [0.4, 0.5) is 0 Å². The normalized spacial score (nSPS) is 14.8. The molecule has 0 amide bonds. The number of rotatable bonds is 79. The van der Waals surface area contributed by atoms with Crippen molar-refractivity contribution in [2.24, 2.45) is 0 Å². The topological polar surface area (TPSA) is 231 Å². The number of hydrogen-bond donors (Lipinski definition) is 4. The maximum Gasteiger partial charge on any atom is 0.472 e. The Labute approximate surface area is 674 Å². The first-order valence-corrected chi connectivity index (χ1v) is 45.7. The van der Waals surface area contributed by atoms with Crippen molar-refractivity contribution in [2.45, 2.75) is 334 Å². The summed E-state index contributed by atoms with van der Waals surface area (Å²) in [6.45, 7) is 2.30. The van der Waals surface area contributed by atoms with Gasteiger partial charge in [-0.3, -0.25) is 32.5 Å². The van der Waals surface area contributed by atoms with Crippen LogP contribution < -0.4 is 0 Å². The van der Waals surface area contributed by atoms with Crippen LogP contribution in [-0.2, 0) is 55.8 Å². The van der Waals surface area contributed by atoms with Gasteiger partial charge in [0.1, 0.15) is 25.4 Å². The van der Waals surface area contributed by atoms with Crippen LogP contribution in [0.5, 0.6) is 0 Å². The summed E-state index contributed by atoms with van der Waals surface area (Å²) in [6.07, 6.45) is 110. The average Bonchev–Trinajstić information content (AvgIpc) is 0.903. The highest BCUT2D eigenvalue weighted by molar-refractivity contribution is 7.47. The Morgan fingerprint density at radius 3 is 0.712 bits per heavy atom. The molecule has 0 aliphatic heterocycles. The molecule has 111 heavy (non-hydrogen) atoms. The maximum absolute atomic E-state index is 13.0. The molecular weight excluding hydrogens is 1430 g/mol. The van der Waals surface area contributed by atoms with Crippen molar-refractivity contribution < 1.29 is 75.8 Å². The molecule has 0 radical (unpaired) electrons. The summed E-state index contributed by atoms with van der Waals surface area (Å²) in [5.74, 6) is -1.62. The average molecular weight is 1590 g/mol. The summed E-state index contributed by atoms with van der Waals surface area (Å²) in [5.41, 5.74) is 0. The highest BCUT2D eigenvalue weighted by atomic mass is 31.2. The molecule has 0 aromatic rings. The Morgan fingerprint density at radius 1 is 0.252 bits per heavy atom. The molecule has 0 rings (SSSR count). The van der Waals surface area contributed by atoms with Crippen LogP contribution in [-0.4, -0.2) is 95.9 Å². The Hall–Kier alpha value is -5.61. The third kappa shape index (κ3) is 85.1. The summed E-state index contributed by atoms with van der Waals surface area (Å²) in [4.78, 5) is 58.9. The molecule has 0 aromatic carbocycles. The Bertz CT molecular complexity index is 2800. The third-order valence-electron chi connectivity index (χ3n) is 17.3. The lowest BCUT2D eigenvalue weighted by Crippen LogP contribution is -2.30. The second kappa shape index (κ2) is 83.8. The van der Waals surface area contributed by atoms with E-state index < -0.39 is 91.5 Å². The van der Waals surface area contributed by atoms with Gasteiger partial charge in [0, 0.05) is 19.3 Å². The van der Waals surface area contributed by atoms with Crippen molar-refractivity contribution in [1.82, 2.24) is 0 Å². The van der Waals surface area contributed by atoms with E-state index in [9.17, 15) is 43.5 Å². The van der Waals surface area contributed by atoms with Gasteiger partial charge in [-0.25, -0.2) is 9.13 Å². The minimum Gasteiger partial charge on any atom is -0.463 e. The van der Waals surface area contributed by atoms with Gasteiger partial charge in [-0.1, -0.05) is 331 Å². The fraction of sp³-hybridized carbons (Fsp3) is 0.624. The number of hydrogen-bond acceptors (Lipinski definition) is 14. The number of ether oxygens (including phenoxy) is 3. The van der Waals surface area contributed by atoms with Gasteiger partial charge in [0.05, 0.1) is 26.4 Å². The van der Waals surface area contributed by atoms with Crippen molar-refractivity contribution in [1.29, 1.82) is 0 Å². The first-order valence-electron chi connectivity index (χ1n) is 42.7. The zero-order valence-electron chi connectivity index (χ0n) is 69.1. The number of unbranched alkanes of at least 4 members (excludes halogenated alkanes) is 24. The van der Waals surface area contributed by atoms with Crippen LogP contribution in [0.25, 0.3) is 0 Å². The standard InChI is InChI=1S/C93H152O16P2/c1-4-7-10-13-16-19-22-25-28-31-34-37-39-41-42-43-44-46-48-50-52-55-58-61-64-67-70-73-76-79-91(96)103-82-88(94)83-105-110(99,100)106-84-89(95)85-107-111(101,102)108-87-90(109-93(98)81-78-75-72-69-66-63-60-57-54-49-36-33-30-27-24-21-18-15-12-9-6-3)86-104-92(97)80-77-74-71-68-65-62-59-56-53-51-47-45-40-38-35-32-29-26-23-20-17-14-11-8-5-2/h7-12,16-21,25-30,34-38,41-42,45,47,49,53,56-57,60,88-90,94-95H,4-6,13-15,22-24,31-33,39-40,43-44,46,48,50-52,54-55,58-59,61-87H2,1-3H3,(H,99,100)(H,101,102)/b10-7-,11-8-,12-9-,19-16-,20-17-,21-18-,28-25-,29-26-,30-27-,37-34-,38-35-,42-41-,47-45-,49-36-,56-53-,60-57-.